The Balaban J connectivity index is 1.57. The zero-order valence-electron chi connectivity index (χ0n) is 14.6. The first-order valence-electron chi connectivity index (χ1n) is 8.74. The smallest absolute Gasteiger partial charge is 0.409 e. The predicted octanol–water partition coefficient (Wildman–Crippen LogP) is 2.04. The molecule has 0 bridgehead atoms. The fourth-order valence-corrected chi connectivity index (χ4v) is 2.76. The maximum atomic E-state index is 12.8. The summed E-state index contributed by atoms with van der Waals surface area (Å²) < 4.78 is 17.8. The van der Waals surface area contributed by atoms with Crippen LogP contribution in [0.1, 0.15) is 31.7 Å². The van der Waals surface area contributed by atoms with Gasteiger partial charge in [-0.15, -0.1) is 0 Å². The molecule has 0 aromatic heterocycles. The average Bonchev–Trinajstić information content (AvgIpc) is 2.62. The maximum absolute atomic E-state index is 12.8. The molecule has 2 N–H and O–H groups in total. The molecular weight excluding hydrogens is 325 g/mol. The van der Waals surface area contributed by atoms with Crippen LogP contribution in [0, 0.1) is 5.82 Å². The number of carbonyl (C=O) groups is 2. The quantitative estimate of drug-likeness (QED) is 0.789. The molecule has 0 spiro atoms. The molecule has 1 aliphatic heterocycles. The summed E-state index contributed by atoms with van der Waals surface area (Å²) in [4.78, 5) is 25.2. The molecule has 1 aromatic carbocycles. The number of piperidine rings is 1. The molecule has 0 unspecified atom stereocenters. The van der Waals surface area contributed by atoms with E-state index in [1.165, 1.54) is 12.1 Å². The third kappa shape index (κ3) is 6.70. The number of benzene rings is 1. The molecule has 0 atom stereocenters. The van der Waals surface area contributed by atoms with Crippen LogP contribution in [-0.2, 0) is 16.1 Å². The van der Waals surface area contributed by atoms with Gasteiger partial charge >= 0.3 is 6.09 Å². The molecule has 1 aromatic rings. The Labute approximate surface area is 147 Å². The van der Waals surface area contributed by atoms with Gasteiger partial charge in [-0.1, -0.05) is 12.1 Å². The summed E-state index contributed by atoms with van der Waals surface area (Å²) in [5, 5.41) is 6.18. The SMILES string of the molecule is CCOC(=O)N1CCC(NCCC(=O)NCc2ccc(F)cc2)CC1. The van der Waals surface area contributed by atoms with Crippen LogP contribution in [0.15, 0.2) is 24.3 Å². The first-order valence-corrected chi connectivity index (χ1v) is 8.74. The molecule has 0 radical (unpaired) electrons. The second-order valence-corrected chi connectivity index (χ2v) is 6.07. The Kier molecular flexibility index (Phi) is 7.66. The fraction of sp³-hybridized carbons (Fsp3) is 0.556. The second-order valence-electron chi connectivity index (χ2n) is 6.07. The van der Waals surface area contributed by atoms with E-state index in [1.54, 1.807) is 24.0 Å². The number of rotatable bonds is 7. The summed E-state index contributed by atoms with van der Waals surface area (Å²) in [7, 11) is 0. The van der Waals surface area contributed by atoms with Crippen LogP contribution in [0.25, 0.3) is 0 Å². The van der Waals surface area contributed by atoms with Crippen LogP contribution in [-0.4, -0.2) is 49.2 Å². The number of likely N-dealkylation sites (tertiary alicyclic amines) is 1. The Morgan fingerprint density at radius 3 is 2.56 bits per heavy atom. The molecule has 2 amide bonds. The highest BCUT2D eigenvalue weighted by atomic mass is 19.1. The van der Waals surface area contributed by atoms with Crippen LogP contribution in [0.3, 0.4) is 0 Å². The van der Waals surface area contributed by atoms with Crippen molar-refractivity contribution >= 4 is 12.0 Å². The Morgan fingerprint density at radius 1 is 1.24 bits per heavy atom. The lowest BCUT2D eigenvalue weighted by Crippen LogP contribution is -2.45. The Morgan fingerprint density at radius 2 is 1.92 bits per heavy atom. The van der Waals surface area contributed by atoms with E-state index in [1.807, 2.05) is 0 Å². The lowest BCUT2D eigenvalue weighted by molar-refractivity contribution is -0.121. The van der Waals surface area contributed by atoms with Gasteiger partial charge in [0.25, 0.3) is 0 Å². The van der Waals surface area contributed by atoms with Gasteiger partial charge in [0, 0.05) is 38.6 Å². The Bertz CT molecular complexity index is 557. The van der Waals surface area contributed by atoms with E-state index in [-0.39, 0.29) is 17.8 Å². The minimum atomic E-state index is -0.284. The van der Waals surface area contributed by atoms with Crippen LogP contribution < -0.4 is 10.6 Å². The van der Waals surface area contributed by atoms with E-state index in [2.05, 4.69) is 10.6 Å². The largest absolute Gasteiger partial charge is 0.450 e. The highest BCUT2D eigenvalue weighted by molar-refractivity contribution is 5.76. The number of ether oxygens (including phenoxy) is 1. The molecule has 0 aliphatic carbocycles. The first kappa shape index (κ1) is 19.2. The topological polar surface area (TPSA) is 70.7 Å². The number of hydrogen-bond donors (Lipinski definition) is 2. The van der Waals surface area contributed by atoms with Gasteiger partial charge in [0.1, 0.15) is 5.82 Å². The number of nitrogens with zero attached hydrogens (tertiary/aromatic N) is 1. The minimum absolute atomic E-state index is 0.0409. The zero-order valence-corrected chi connectivity index (χ0v) is 14.6. The van der Waals surface area contributed by atoms with Crippen molar-refractivity contribution in [3.8, 4) is 0 Å². The third-order valence-electron chi connectivity index (χ3n) is 4.21. The molecule has 1 saturated heterocycles. The molecule has 1 aliphatic rings. The van der Waals surface area contributed by atoms with Gasteiger partial charge in [0.05, 0.1) is 6.61 Å². The van der Waals surface area contributed by atoms with Crippen molar-refractivity contribution in [1.82, 2.24) is 15.5 Å². The normalized spacial score (nSPS) is 15.0. The molecular formula is C18H26FN3O3. The van der Waals surface area contributed by atoms with Gasteiger partial charge in [-0.25, -0.2) is 9.18 Å². The molecule has 0 saturated carbocycles. The summed E-state index contributed by atoms with van der Waals surface area (Å²) in [5.41, 5.74) is 0.869. The van der Waals surface area contributed by atoms with E-state index >= 15 is 0 Å². The van der Waals surface area contributed by atoms with Crippen LogP contribution >= 0.6 is 0 Å². The molecule has 2 rings (SSSR count). The van der Waals surface area contributed by atoms with Gasteiger partial charge in [0.2, 0.25) is 5.91 Å². The van der Waals surface area contributed by atoms with E-state index in [4.69, 9.17) is 4.74 Å². The fourth-order valence-electron chi connectivity index (χ4n) is 2.76. The van der Waals surface area contributed by atoms with E-state index < -0.39 is 0 Å². The third-order valence-corrected chi connectivity index (χ3v) is 4.21. The number of nitrogens with one attached hydrogen (secondary N) is 2. The van der Waals surface area contributed by atoms with Gasteiger partial charge in [0.15, 0.2) is 0 Å². The number of hydrogen-bond acceptors (Lipinski definition) is 4. The highest BCUT2D eigenvalue weighted by Gasteiger charge is 2.23. The molecule has 1 fully saturated rings. The maximum Gasteiger partial charge on any atom is 0.409 e. The van der Waals surface area contributed by atoms with Gasteiger partial charge < -0.3 is 20.3 Å². The summed E-state index contributed by atoms with van der Waals surface area (Å²) in [5.74, 6) is -0.325. The standard InChI is InChI=1S/C18H26FN3O3/c1-2-25-18(24)22-11-8-16(9-12-22)20-10-7-17(23)21-13-14-3-5-15(19)6-4-14/h3-6,16,20H,2,7-13H2,1H3,(H,21,23). The molecule has 138 valence electrons. The molecule has 6 nitrogen and oxygen atoms in total. The van der Waals surface area contributed by atoms with Crippen molar-refractivity contribution < 1.29 is 18.7 Å². The number of halogens is 1. The average molecular weight is 351 g/mol. The van der Waals surface area contributed by atoms with Gasteiger partial charge in [-0.05, 0) is 37.5 Å². The van der Waals surface area contributed by atoms with Gasteiger partial charge in [-0.2, -0.15) is 0 Å². The molecule has 7 heteroatoms. The number of carbonyl (C=O) groups excluding carboxylic acids is 2. The second kappa shape index (κ2) is 9.98. The van der Waals surface area contributed by atoms with Crippen molar-refractivity contribution in [3.63, 3.8) is 0 Å². The van der Waals surface area contributed by atoms with Crippen molar-refractivity contribution in [2.75, 3.05) is 26.2 Å². The lowest BCUT2D eigenvalue weighted by atomic mass is 10.1. The van der Waals surface area contributed by atoms with Crippen molar-refractivity contribution in [1.29, 1.82) is 0 Å². The summed E-state index contributed by atoms with van der Waals surface area (Å²) in [6.07, 6.45) is 1.85. The Hall–Kier alpha value is -2.15. The minimum Gasteiger partial charge on any atom is -0.450 e. The summed E-state index contributed by atoms with van der Waals surface area (Å²) in [6, 6.07) is 6.39. The molecule has 25 heavy (non-hydrogen) atoms. The zero-order chi connectivity index (χ0) is 18.1. The lowest BCUT2D eigenvalue weighted by Gasteiger charge is -2.31. The van der Waals surface area contributed by atoms with Gasteiger partial charge in [-0.3, -0.25) is 4.79 Å². The molecule has 1 heterocycles. The van der Waals surface area contributed by atoms with E-state index in [9.17, 15) is 14.0 Å². The summed E-state index contributed by atoms with van der Waals surface area (Å²) >= 11 is 0. The van der Waals surface area contributed by atoms with Crippen molar-refractivity contribution in [2.24, 2.45) is 0 Å². The highest BCUT2D eigenvalue weighted by Crippen LogP contribution is 2.11. The van der Waals surface area contributed by atoms with Crippen molar-refractivity contribution in [2.45, 2.75) is 38.8 Å². The van der Waals surface area contributed by atoms with Crippen LogP contribution in [0.2, 0.25) is 0 Å². The van der Waals surface area contributed by atoms with Crippen molar-refractivity contribution in [3.05, 3.63) is 35.6 Å². The van der Waals surface area contributed by atoms with Crippen LogP contribution in [0.4, 0.5) is 9.18 Å². The monoisotopic (exact) mass is 351 g/mol. The predicted molar refractivity (Wildman–Crippen MR) is 92.5 cm³/mol. The first-order chi connectivity index (χ1) is 12.1. The van der Waals surface area contributed by atoms with E-state index in [0.29, 0.717) is 45.2 Å². The van der Waals surface area contributed by atoms with E-state index in [0.717, 1.165) is 18.4 Å². The van der Waals surface area contributed by atoms with Crippen LogP contribution in [0.5, 0.6) is 0 Å². The summed E-state index contributed by atoms with van der Waals surface area (Å²) in [6.45, 7) is 4.54. The number of amides is 2.